The van der Waals surface area contributed by atoms with E-state index in [0.717, 1.165) is 12.1 Å². The van der Waals surface area contributed by atoms with E-state index < -0.39 is 35.5 Å². The second-order valence-electron chi connectivity index (χ2n) is 5.81. The molecule has 0 aliphatic carbocycles. The summed E-state index contributed by atoms with van der Waals surface area (Å²) in [6.45, 7) is 2.50. The summed E-state index contributed by atoms with van der Waals surface area (Å²) in [5.74, 6) is -4.01. The topological polar surface area (TPSA) is 84.5 Å². The summed E-state index contributed by atoms with van der Waals surface area (Å²) in [4.78, 5) is 35.8. The number of ether oxygens (including phenoxy) is 1. The fourth-order valence-corrected chi connectivity index (χ4v) is 2.15. The lowest BCUT2D eigenvalue weighted by atomic mass is 10.2. The quantitative estimate of drug-likeness (QED) is 0.589. The molecule has 0 aromatic heterocycles. The number of esters is 1. The van der Waals surface area contributed by atoms with Gasteiger partial charge in [-0.15, -0.1) is 0 Å². The number of rotatable bonds is 6. The van der Waals surface area contributed by atoms with Crippen molar-refractivity contribution in [3.05, 3.63) is 71.4 Å². The minimum Gasteiger partial charge on any atom is -0.448 e. The van der Waals surface area contributed by atoms with Crippen LogP contribution in [-0.2, 0) is 19.1 Å². The second-order valence-corrected chi connectivity index (χ2v) is 5.81. The number of hydrogen-bond acceptors (Lipinski definition) is 4. The molecule has 28 heavy (non-hydrogen) atoms. The summed E-state index contributed by atoms with van der Waals surface area (Å²) in [5, 5.41) is 4.56. The molecule has 0 fully saturated rings. The molecule has 0 aliphatic heterocycles. The van der Waals surface area contributed by atoms with Gasteiger partial charge in [-0.1, -0.05) is 30.3 Å². The van der Waals surface area contributed by atoms with Crippen LogP contribution in [0.5, 0.6) is 0 Å². The number of nitrogens with one attached hydrogen (secondary N) is 2. The molecule has 6 nitrogen and oxygen atoms in total. The zero-order valence-corrected chi connectivity index (χ0v) is 15.2. The zero-order chi connectivity index (χ0) is 20.7. The summed E-state index contributed by atoms with van der Waals surface area (Å²) in [6, 6.07) is 11.3. The number of hydrogen-bond donors (Lipinski definition) is 2. The van der Waals surface area contributed by atoms with Gasteiger partial charge in [0.05, 0.1) is 5.69 Å². The Morgan fingerprint density at radius 1 is 1.07 bits per heavy atom. The molecule has 2 N–H and O–H groups in total. The van der Waals surface area contributed by atoms with Crippen LogP contribution in [0.2, 0.25) is 0 Å². The van der Waals surface area contributed by atoms with Crippen LogP contribution in [0.4, 0.5) is 14.5 Å². The molecule has 2 rings (SSSR count). The van der Waals surface area contributed by atoms with Gasteiger partial charge in [0.1, 0.15) is 17.3 Å². The van der Waals surface area contributed by atoms with Crippen molar-refractivity contribution in [2.45, 2.75) is 20.0 Å². The van der Waals surface area contributed by atoms with Crippen LogP contribution in [0, 0.1) is 11.6 Å². The van der Waals surface area contributed by atoms with E-state index in [1.807, 2.05) is 0 Å². The van der Waals surface area contributed by atoms with Crippen LogP contribution in [-0.4, -0.2) is 23.9 Å². The molecule has 2 aromatic rings. The first-order valence-electron chi connectivity index (χ1n) is 8.27. The monoisotopic (exact) mass is 388 g/mol. The first kappa shape index (κ1) is 20.8. The molecule has 0 unspecified atom stereocenters. The highest BCUT2D eigenvalue weighted by Crippen LogP contribution is 2.16. The van der Waals surface area contributed by atoms with Gasteiger partial charge in [-0.25, -0.2) is 13.6 Å². The van der Waals surface area contributed by atoms with Crippen molar-refractivity contribution >= 4 is 29.5 Å². The molecule has 0 aliphatic rings. The molecule has 0 radical (unpaired) electrons. The van der Waals surface area contributed by atoms with Crippen molar-refractivity contribution in [3.8, 4) is 0 Å². The molecule has 0 bridgehead atoms. The SMILES string of the molecule is CC(=O)N/C(=C\c1ccccc1)C(=O)O[C@H](C)C(=O)Nc1ccc(F)cc1F. The van der Waals surface area contributed by atoms with Crippen LogP contribution >= 0.6 is 0 Å². The molecular formula is C20H18F2N2O4. The standard InChI is InChI=1S/C20H18F2N2O4/c1-12(19(26)24-17-9-8-15(21)11-16(17)22)28-20(27)18(23-13(2)25)10-14-6-4-3-5-7-14/h3-12H,1-2H3,(H,23,25)(H,24,26)/b18-10-/t12-/m1/s1. The van der Waals surface area contributed by atoms with E-state index in [4.69, 9.17) is 4.74 Å². The van der Waals surface area contributed by atoms with E-state index in [1.54, 1.807) is 30.3 Å². The molecule has 0 heterocycles. The van der Waals surface area contributed by atoms with E-state index in [2.05, 4.69) is 10.6 Å². The van der Waals surface area contributed by atoms with Gasteiger partial charge in [-0.3, -0.25) is 9.59 Å². The van der Waals surface area contributed by atoms with Crippen molar-refractivity contribution in [1.82, 2.24) is 5.32 Å². The summed E-state index contributed by atoms with van der Waals surface area (Å²) in [5.41, 5.74) is 0.219. The van der Waals surface area contributed by atoms with Crippen molar-refractivity contribution in [1.29, 1.82) is 0 Å². The Labute approximate surface area is 160 Å². The number of halogens is 2. The predicted octanol–water partition coefficient (Wildman–Crippen LogP) is 3.01. The van der Waals surface area contributed by atoms with Gasteiger partial charge in [-0.2, -0.15) is 0 Å². The van der Waals surface area contributed by atoms with Gasteiger partial charge in [0, 0.05) is 13.0 Å². The Morgan fingerprint density at radius 2 is 1.75 bits per heavy atom. The Kier molecular flexibility index (Phi) is 6.97. The third kappa shape index (κ3) is 6.01. The third-order valence-electron chi connectivity index (χ3n) is 3.48. The highest BCUT2D eigenvalue weighted by molar-refractivity contribution is 6.00. The maximum absolute atomic E-state index is 13.6. The molecular weight excluding hydrogens is 370 g/mol. The average molecular weight is 388 g/mol. The highest BCUT2D eigenvalue weighted by atomic mass is 19.1. The van der Waals surface area contributed by atoms with Crippen LogP contribution in [0.25, 0.3) is 6.08 Å². The third-order valence-corrected chi connectivity index (χ3v) is 3.48. The summed E-state index contributed by atoms with van der Waals surface area (Å²) in [7, 11) is 0. The molecule has 2 amide bonds. The van der Waals surface area contributed by atoms with Gasteiger partial charge >= 0.3 is 5.97 Å². The van der Waals surface area contributed by atoms with Crippen molar-refractivity contribution in [3.63, 3.8) is 0 Å². The van der Waals surface area contributed by atoms with E-state index in [1.165, 1.54) is 19.9 Å². The number of anilines is 1. The number of benzene rings is 2. The van der Waals surface area contributed by atoms with Gasteiger partial charge < -0.3 is 15.4 Å². The van der Waals surface area contributed by atoms with Gasteiger partial charge in [0.15, 0.2) is 6.10 Å². The fraction of sp³-hybridized carbons (Fsp3) is 0.150. The van der Waals surface area contributed by atoms with Gasteiger partial charge in [0.25, 0.3) is 5.91 Å². The maximum atomic E-state index is 13.6. The van der Waals surface area contributed by atoms with E-state index >= 15 is 0 Å². The maximum Gasteiger partial charge on any atom is 0.355 e. The van der Waals surface area contributed by atoms with E-state index in [9.17, 15) is 23.2 Å². The fourth-order valence-electron chi connectivity index (χ4n) is 2.15. The number of amides is 2. The summed E-state index contributed by atoms with van der Waals surface area (Å²) in [6.07, 6.45) is 0.0958. The van der Waals surface area contributed by atoms with Crippen molar-refractivity contribution in [2.24, 2.45) is 0 Å². The Balaban J connectivity index is 2.09. The predicted molar refractivity (Wildman–Crippen MR) is 98.8 cm³/mol. The van der Waals surface area contributed by atoms with Crippen molar-refractivity contribution < 1.29 is 27.9 Å². The lowest BCUT2D eigenvalue weighted by Gasteiger charge is -2.15. The molecule has 2 aromatic carbocycles. The number of carbonyl (C=O) groups is 3. The molecule has 146 valence electrons. The highest BCUT2D eigenvalue weighted by Gasteiger charge is 2.22. The molecule has 0 spiro atoms. The Hall–Kier alpha value is -3.55. The van der Waals surface area contributed by atoms with Gasteiger partial charge in [-0.05, 0) is 30.7 Å². The first-order chi connectivity index (χ1) is 13.3. The van der Waals surface area contributed by atoms with E-state index in [-0.39, 0.29) is 11.4 Å². The van der Waals surface area contributed by atoms with Crippen LogP contribution < -0.4 is 10.6 Å². The normalized spacial score (nSPS) is 12.1. The Morgan fingerprint density at radius 3 is 2.36 bits per heavy atom. The zero-order valence-electron chi connectivity index (χ0n) is 15.2. The van der Waals surface area contributed by atoms with Crippen LogP contribution in [0.3, 0.4) is 0 Å². The minimum atomic E-state index is -1.30. The molecule has 0 saturated carbocycles. The van der Waals surface area contributed by atoms with Crippen LogP contribution in [0.15, 0.2) is 54.2 Å². The lowest BCUT2D eigenvalue weighted by molar-refractivity contribution is -0.149. The average Bonchev–Trinajstić information content (AvgIpc) is 2.63. The summed E-state index contributed by atoms with van der Waals surface area (Å²) < 4.78 is 31.6. The van der Waals surface area contributed by atoms with Crippen LogP contribution in [0.1, 0.15) is 19.4 Å². The van der Waals surface area contributed by atoms with E-state index in [0.29, 0.717) is 11.6 Å². The smallest absolute Gasteiger partial charge is 0.355 e. The number of carbonyl (C=O) groups excluding carboxylic acids is 3. The Bertz CT molecular complexity index is 914. The molecule has 1 atom stereocenters. The largest absolute Gasteiger partial charge is 0.448 e. The molecule has 0 saturated heterocycles. The first-order valence-corrected chi connectivity index (χ1v) is 8.27. The van der Waals surface area contributed by atoms with Crippen molar-refractivity contribution in [2.75, 3.05) is 5.32 Å². The van der Waals surface area contributed by atoms with Gasteiger partial charge in [0.2, 0.25) is 5.91 Å². The lowest BCUT2D eigenvalue weighted by Crippen LogP contribution is -2.34. The molecule has 8 heteroatoms. The minimum absolute atomic E-state index is 0.161. The summed E-state index contributed by atoms with van der Waals surface area (Å²) >= 11 is 0. The second kappa shape index (κ2) is 9.40.